The predicted octanol–water partition coefficient (Wildman–Crippen LogP) is -1.61. The van der Waals surface area contributed by atoms with E-state index < -0.39 is 18.7 Å². The van der Waals surface area contributed by atoms with E-state index in [2.05, 4.69) is 9.84 Å². The molecule has 0 unspecified atom stereocenters. The number of hydrogen-bond donors (Lipinski definition) is 4. The first-order chi connectivity index (χ1) is 6.83. The number of hydrogen-bond acceptors (Lipinski definition) is 6. The van der Waals surface area contributed by atoms with E-state index in [0.717, 1.165) is 0 Å². The van der Waals surface area contributed by atoms with Gasteiger partial charge in [-0.3, -0.25) is 14.1 Å². The van der Waals surface area contributed by atoms with Crippen molar-refractivity contribution in [3.63, 3.8) is 0 Å². The molecule has 0 aliphatic rings. The van der Waals surface area contributed by atoms with E-state index in [1.807, 2.05) is 0 Å². The Bertz CT molecular complexity index is 470. The molecule has 0 aromatic heterocycles. The van der Waals surface area contributed by atoms with Gasteiger partial charge in [0.15, 0.2) is 0 Å². The summed E-state index contributed by atoms with van der Waals surface area (Å²) in [6.07, 6.45) is 0. The van der Waals surface area contributed by atoms with Gasteiger partial charge in [0.25, 0.3) is 10.9 Å². The third-order valence-electron chi connectivity index (χ3n) is 1.61. The molecule has 9 heteroatoms. The summed E-state index contributed by atoms with van der Waals surface area (Å²) in [4.78, 5) is 38.1. The zero-order chi connectivity index (χ0) is 11.6. The Balaban J connectivity index is 2.38. The number of nitrogens with two attached hydrogens (primary N) is 1. The summed E-state index contributed by atoms with van der Waals surface area (Å²) in [5.41, 5.74) is 3.49. The average Bonchev–Trinajstić information content (AvgIpc) is 2.14. The molecule has 5 N–H and O–H groups in total. The Morgan fingerprint density at radius 3 is 2.40 bits per heavy atom. The maximum atomic E-state index is 10.8. The molecule has 84 valence electrons. The van der Waals surface area contributed by atoms with Gasteiger partial charge in [0.2, 0.25) is 0 Å². The molecule has 0 radical (unpaired) electrons. The number of nitrogens with one attached hydrogen (secondary N) is 1. The van der Waals surface area contributed by atoms with Gasteiger partial charge in [0, 0.05) is 6.54 Å². The number of nitrogen functional groups attached to an aromatic ring is 1. The van der Waals surface area contributed by atoms with Crippen LogP contribution >= 0.6 is 7.82 Å². The van der Waals surface area contributed by atoms with Gasteiger partial charge in [-0.1, -0.05) is 0 Å². The molecule has 0 saturated heterocycles. The van der Waals surface area contributed by atoms with Crippen molar-refractivity contribution in [3.05, 3.63) is 20.4 Å². The number of phosphoric ester groups is 1. The fraction of sp³-hybridized carbons (Fsp3) is 0.333. The smallest absolute Gasteiger partial charge is 0.394 e. The van der Waals surface area contributed by atoms with E-state index in [4.69, 9.17) is 15.5 Å². The number of rotatable bonds is 5. The first-order valence-electron chi connectivity index (χ1n) is 3.85. The second-order valence-electron chi connectivity index (χ2n) is 2.70. The molecular formula is C6H9N2O6P. The average molecular weight is 236 g/mol. The summed E-state index contributed by atoms with van der Waals surface area (Å²) >= 11 is 0. The lowest BCUT2D eigenvalue weighted by Gasteiger charge is -2.10. The second-order valence-corrected chi connectivity index (χ2v) is 3.94. The maximum absolute atomic E-state index is 10.8. The van der Waals surface area contributed by atoms with Crippen molar-refractivity contribution >= 4 is 19.2 Å². The van der Waals surface area contributed by atoms with Crippen LogP contribution in [0.1, 0.15) is 0 Å². The van der Waals surface area contributed by atoms with Crippen LogP contribution in [0.4, 0.5) is 11.4 Å². The molecule has 1 rings (SSSR count). The van der Waals surface area contributed by atoms with E-state index in [1.165, 1.54) is 0 Å². The van der Waals surface area contributed by atoms with Crippen molar-refractivity contribution in [2.45, 2.75) is 0 Å². The summed E-state index contributed by atoms with van der Waals surface area (Å²) in [5, 5.41) is 2.44. The van der Waals surface area contributed by atoms with Crippen LogP contribution in [-0.2, 0) is 9.09 Å². The molecule has 0 amide bonds. The maximum Gasteiger partial charge on any atom is 0.469 e. The van der Waals surface area contributed by atoms with Gasteiger partial charge < -0.3 is 20.8 Å². The van der Waals surface area contributed by atoms with Gasteiger partial charge in [0.1, 0.15) is 11.4 Å². The van der Waals surface area contributed by atoms with Crippen LogP contribution < -0.4 is 21.9 Å². The summed E-state index contributed by atoms with van der Waals surface area (Å²) in [6, 6.07) is 0. The second kappa shape index (κ2) is 4.11. The Hall–Kier alpha value is -1.21. The SMILES string of the molecule is Nc1c(NCCOP(=O)(O)O)c(=O)c1=O. The van der Waals surface area contributed by atoms with Gasteiger partial charge in [0.05, 0.1) is 6.61 Å². The minimum absolute atomic E-state index is 0.0276. The Morgan fingerprint density at radius 1 is 1.33 bits per heavy atom. The molecule has 0 aliphatic heterocycles. The molecule has 8 nitrogen and oxygen atoms in total. The Morgan fingerprint density at radius 2 is 1.93 bits per heavy atom. The molecular weight excluding hydrogens is 227 g/mol. The first kappa shape index (κ1) is 11.9. The molecule has 0 spiro atoms. The summed E-state index contributed by atoms with van der Waals surface area (Å²) in [5.74, 6) is 0. The fourth-order valence-corrected chi connectivity index (χ4v) is 1.25. The lowest BCUT2D eigenvalue weighted by atomic mass is 10.2. The van der Waals surface area contributed by atoms with Crippen LogP contribution in [0.3, 0.4) is 0 Å². The van der Waals surface area contributed by atoms with Crippen molar-refractivity contribution in [1.82, 2.24) is 0 Å². The van der Waals surface area contributed by atoms with E-state index in [9.17, 15) is 14.2 Å². The zero-order valence-corrected chi connectivity index (χ0v) is 8.36. The molecule has 1 aromatic carbocycles. The molecule has 0 saturated carbocycles. The van der Waals surface area contributed by atoms with Crippen LogP contribution in [0.2, 0.25) is 0 Å². The van der Waals surface area contributed by atoms with Crippen molar-refractivity contribution in [1.29, 1.82) is 0 Å². The Labute approximate surface area is 83.6 Å². The van der Waals surface area contributed by atoms with E-state index in [1.54, 1.807) is 0 Å². The molecule has 0 heterocycles. The summed E-state index contributed by atoms with van der Waals surface area (Å²) in [6.45, 7) is -0.331. The third kappa shape index (κ3) is 2.87. The van der Waals surface area contributed by atoms with Gasteiger partial charge in [-0.15, -0.1) is 0 Å². The van der Waals surface area contributed by atoms with Crippen LogP contribution in [0.25, 0.3) is 0 Å². The van der Waals surface area contributed by atoms with E-state index >= 15 is 0 Å². The van der Waals surface area contributed by atoms with Crippen LogP contribution in [0.5, 0.6) is 0 Å². The van der Waals surface area contributed by atoms with Crippen LogP contribution in [-0.4, -0.2) is 22.9 Å². The normalized spacial score (nSPS) is 11.9. The minimum Gasteiger partial charge on any atom is -0.394 e. The molecule has 0 aliphatic carbocycles. The molecule has 0 bridgehead atoms. The molecule has 15 heavy (non-hydrogen) atoms. The van der Waals surface area contributed by atoms with Crippen molar-refractivity contribution in [3.8, 4) is 0 Å². The highest BCUT2D eigenvalue weighted by molar-refractivity contribution is 7.46. The monoisotopic (exact) mass is 236 g/mol. The summed E-state index contributed by atoms with van der Waals surface area (Å²) < 4.78 is 14.3. The van der Waals surface area contributed by atoms with Gasteiger partial charge in [-0.25, -0.2) is 4.57 Å². The highest BCUT2D eigenvalue weighted by Crippen LogP contribution is 2.35. The Kier molecular flexibility index (Phi) is 3.25. The lowest BCUT2D eigenvalue weighted by molar-refractivity contribution is 0.204. The highest BCUT2D eigenvalue weighted by atomic mass is 31.2. The standard InChI is InChI=1S/C6H9N2O6P/c7-3-4(6(10)5(3)9)8-1-2-14-15(11,12)13/h8H,1-2,7H2,(H2,11,12,13). The van der Waals surface area contributed by atoms with Crippen molar-refractivity contribution in [2.75, 3.05) is 24.2 Å². The topological polar surface area (TPSA) is 139 Å². The minimum atomic E-state index is -4.50. The van der Waals surface area contributed by atoms with Crippen molar-refractivity contribution < 1.29 is 18.9 Å². The highest BCUT2D eigenvalue weighted by Gasteiger charge is 2.18. The summed E-state index contributed by atoms with van der Waals surface area (Å²) in [7, 11) is -4.50. The predicted molar refractivity (Wildman–Crippen MR) is 52.3 cm³/mol. The van der Waals surface area contributed by atoms with Crippen molar-refractivity contribution in [2.24, 2.45) is 0 Å². The molecule has 0 atom stereocenters. The van der Waals surface area contributed by atoms with Gasteiger partial charge >= 0.3 is 7.82 Å². The first-order valence-corrected chi connectivity index (χ1v) is 5.38. The third-order valence-corrected chi connectivity index (χ3v) is 2.13. The zero-order valence-electron chi connectivity index (χ0n) is 7.47. The van der Waals surface area contributed by atoms with Crippen LogP contribution in [0.15, 0.2) is 9.59 Å². The van der Waals surface area contributed by atoms with Gasteiger partial charge in [-0.2, -0.15) is 0 Å². The van der Waals surface area contributed by atoms with E-state index in [-0.39, 0.29) is 24.5 Å². The lowest BCUT2D eigenvalue weighted by Crippen LogP contribution is -2.37. The quantitative estimate of drug-likeness (QED) is 0.272. The van der Waals surface area contributed by atoms with Gasteiger partial charge in [-0.05, 0) is 0 Å². The van der Waals surface area contributed by atoms with E-state index in [0.29, 0.717) is 0 Å². The fourth-order valence-electron chi connectivity index (χ4n) is 0.925. The number of phosphoric acid groups is 1. The molecule has 1 aromatic rings. The number of anilines is 2. The molecule has 0 fully saturated rings. The van der Waals surface area contributed by atoms with Crippen LogP contribution in [0, 0.1) is 0 Å². The largest absolute Gasteiger partial charge is 0.469 e.